The van der Waals surface area contributed by atoms with Crippen molar-refractivity contribution in [2.75, 3.05) is 19.0 Å². The van der Waals surface area contributed by atoms with Crippen LogP contribution in [-0.4, -0.2) is 24.3 Å². The van der Waals surface area contributed by atoms with Gasteiger partial charge in [-0.15, -0.1) is 0 Å². The summed E-state index contributed by atoms with van der Waals surface area (Å²) in [7, 11) is 3.37. The van der Waals surface area contributed by atoms with Gasteiger partial charge in [0.15, 0.2) is 0 Å². The number of nitrogens with zero attached hydrogens (tertiary/aromatic N) is 2. The highest BCUT2D eigenvalue weighted by molar-refractivity contribution is 6.67. The van der Waals surface area contributed by atoms with Crippen LogP contribution >= 0.6 is 11.6 Å². The molecule has 0 atom stereocenters. The van der Waals surface area contributed by atoms with Gasteiger partial charge in [-0.2, -0.15) is 0 Å². The third-order valence-corrected chi connectivity index (χ3v) is 2.10. The second kappa shape index (κ2) is 4.27. The molecule has 0 bridgehead atoms. The molecule has 1 aromatic rings. The number of hydrogen-bond donors (Lipinski definition) is 0. The summed E-state index contributed by atoms with van der Waals surface area (Å²) in [5.41, 5.74) is 0.419. The van der Waals surface area contributed by atoms with E-state index in [9.17, 15) is 14.9 Å². The first-order chi connectivity index (χ1) is 6.93. The van der Waals surface area contributed by atoms with E-state index in [0.717, 1.165) is 0 Å². The number of nitro benzene ring substituents is 1. The Morgan fingerprint density at radius 3 is 2.47 bits per heavy atom. The highest BCUT2D eigenvalue weighted by Crippen LogP contribution is 2.28. The molecule has 1 aromatic carbocycles. The molecule has 0 saturated carbocycles. The summed E-state index contributed by atoms with van der Waals surface area (Å²) < 4.78 is 0. The van der Waals surface area contributed by atoms with Crippen LogP contribution in [0.15, 0.2) is 18.2 Å². The maximum atomic E-state index is 10.8. The molecule has 0 unspecified atom stereocenters. The fourth-order valence-electron chi connectivity index (χ4n) is 1.17. The van der Waals surface area contributed by atoms with Crippen LogP contribution in [-0.2, 0) is 0 Å². The van der Waals surface area contributed by atoms with Crippen molar-refractivity contribution in [3.63, 3.8) is 0 Å². The first-order valence-electron chi connectivity index (χ1n) is 4.09. The van der Waals surface area contributed by atoms with Gasteiger partial charge in [0, 0.05) is 25.7 Å². The Bertz CT molecular complexity index is 418. The van der Waals surface area contributed by atoms with E-state index < -0.39 is 10.2 Å². The van der Waals surface area contributed by atoms with E-state index in [-0.39, 0.29) is 11.3 Å². The molecule has 1 rings (SSSR count). The smallest absolute Gasteiger partial charge is 0.293 e. The van der Waals surface area contributed by atoms with Gasteiger partial charge in [-0.05, 0) is 23.7 Å². The Morgan fingerprint density at radius 1 is 1.47 bits per heavy atom. The molecule has 0 aliphatic rings. The van der Waals surface area contributed by atoms with Gasteiger partial charge in [0.2, 0.25) is 0 Å². The van der Waals surface area contributed by atoms with Crippen molar-refractivity contribution >= 4 is 28.2 Å². The quantitative estimate of drug-likeness (QED) is 0.451. The molecule has 0 saturated heterocycles. The van der Waals surface area contributed by atoms with Crippen molar-refractivity contribution in [1.29, 1.82) is 0 Å². The molecule has 6 heteroatoms. The van der Waals surface area contributed by atoms with Crippen molar-refractivity contribution in [3.8, 4) is 0 Å². The molecule has 0 heterocycles. The maximum absolute atomic E-state index is 10.8. The monoisotopic (exact) mass is 228 g/mol. The van der Waals surface area contributed by atoms with Crippen LogP contribution in [0.4, 0.5) is 11.4 Å². The summed E-state index contributed by atoms with van der Waals surface area (Å²) in [5.74, 6) is 0. The zero-order valence-corrected chi connectivity index (χ0v) is 8.99. The third kappa shape index (κ3) is 2.44. The van der Waals surface area contributed by atoms with E-state index in [4.69, 9.17) is 11.6 Å². The zero-order valence-electron chi connectivity index (χ0n) is 8.23. The standard InChI is InChI=1S/C9H9ClN2O3/c1-11(2)7-4-3-6(9(10)13)5-8(7)12(14)15/h3-5H,1-2H3. The van der Waals surface area contributed by atoms with Crippen LogP contribution in [0.1, 0.15) is 10.4 Å². The molecule has 0 N–H and O–H groups in total. The van der Waals surface area contributed by atoms with E-state index in [2.05, 4.69) is 0 Å². The minimum Gasteiger partial charge on any atom is -0.372 e. The lowest BCUT2D eigenvalue weighted by molar-refractivity contribution is -0.384. The van der Waals surface area contributed by atoms with E-state index in [1.54, 1.807) is 19.0 Å². The third-order valence-electron chi connectivity index (χ3n) is 1.88. The normalized spacial score (nSPS) is 9.80. The largest absolute Gasteiger partial charge is 0.372 e. The molecule has 0 amide bonds. The molecule has 0 aliphatic carbocycles. The molecule has 5 nitrogen and oxygen atoms in total. The first-order valence-corrected chi connectivity index (χ1v) is 4.47. The maximum Gasteiger partial charge on any atom is 0.293 e. The van der Waals surface area contributed by atoms with Gasteiger partial charge in [-0.1, -0.05) is 0 Å². The molecular formula is C9H9ClN2O3. The second-order valence-corrected chi connectivity index (χ2v) is 3.47. The number of anilines is 1. The van der Waals surface area contributed by atoms with Crippen LogP contribution in [0.3, 0.4) is 0 Å². The van der Waals surface area contributed by atoms with Gasteiger partial charge >= 0.3 is 0 Å². The average molecular weight is 229 g/mol. The Balaban J connectivity index is 3.33. The van der Waals surface area contributed by atoms with Crippen LogP contribution in [0.5, 0.6) is 0 Å². The summed E-state index contributed by atoms with van der Waals surface area (Å²) in [5, 5.41) is 10.0. The predicted octanol–water partition coefficient (Wildman–Crippen LogP) is 2.04. The summed E-state index contributed by atoms with van der Waals surface area (Å²) in [6.07, 6.45) is 0. The Morgan fingerprint density at radius 2 is 2.07 bits per heavy atom. The van der Waals surface area contributed by atoms with E-state index in [0.29, 0.717) is 5.69 Å². The topological polar surface area (TPSA) is 63.5 Å². The summed E-state index contributed by atoms with van der Waals surface area (Å²) in [6.45, 7) is 0. The number of benzene rings is 1. The lowest BCUT2D eigenvalue weighted by Gasteiger charge is -2.12. The fraction of sp³-hybridized carbons (Fsp3) is 0.222. The van der Waals surface area contributed by atoms with Gasteiger partial charge in [-0.3, -0.25) is 14.9 Å². The van der Waals surface area contributed by atoms with Crippen LogP contribution in [0, 0.1) is 10.1 Å². The van der Waals surface area contributed by atoms with Crippen molar-refractivity contribution in [2.45, 2.75) is 0 Å². The Kier molecular flexibility index (Phi) is 3.26. The second-order valence-electron chi connectivity index (χ2n) is 3.13. The van der Waals surface area contributed by atoms with Gasteiger partial charge in [0.05, 0.1) is 4.92 Å². The SMILES string of the molecule is CN(C)c1ccc(C(=O)Cl)cc1[N+](=O)[O-]. The van der Waals surface area contributed by atoms with Crippen LogP contribution < -0.4 is 4.90 Å². The van der Waals surface area contributed by atoms with E-state index in [1.807, 2.05) is 0 Å². The number of hydrogen-bond acceptors (Lipinski definition) is 4. The Hall–Kier alpha value is -1.62. The molecule has 0 aliphatic heterocycles. The first kappa shape index (κ1) is 11.5. The number of nitro groups is 1. The van der Waals surface area contributed by atoms with Crippen molar-refractivity contribution in [2.24, 2.45) is 0 Å². The number of rotatable bonds is 3. The van der Waals surface area contributed by atoms with Crippen LogP contribution in [0.25, 0.3) is 0 Å². The van der Waals surface area contributed by atoms with Crippen molar-refractivity contribution in [1.82, 2.24) is 0 Å². The van der Waals surface area contributed by atoms with Crippen LogP contribution in [0.2, 0.25) is 0 Å². The number of carbonyl (C=O) groups excluding carboxylic acids is 1. The molecule has 0 aromatic heterocycles. The zero-order chi connectivity index (χ0) is 11.6. The summed E-state index contributed by atoms with van der Waals surface area (Å²) in [4.78, 5) is 22.6. The van der Waals surface area contributed by atoms with Crippen molar-refractivity contribution < 1.29 is 9.72 Å². The molecule has 80 valence electrons. The summed E-state index contributed by atoms with van der Waals surface area (Å²) >= 11 is 5.24. The molecule has 0 fully saturated rings. The summed E-state index contributed by atoms with van der Waals surface area (Å²) in [6, 6.07) is 4.12. The average Bonchev–Trinajstić information content (AvgIpc) is 2.16. The lowest BCUT2D eigenvalue weighted by Crippen LogP contribution is -2.11. The van der Waals surface area contributed by atoms with Crippen molar-refractivity contribution in [3.05, 3.63) is 33.9 Å². The highest BCUT2D eigenvalue weighted by Gasteiger charge is 2.17. The fourth-order valence-corrected chi connectivity index (χ4v) is 1.29. The van der Waals surface area contributed by atoms with E-state index >= 15 is 0 Å². The van der Waals surface area contributed by atoms with Gasteiger partial charge in [0.25, 0.3) is 10.9 Å². The predicted molar refractivity (Wildman–Crippen MR) is 57.6 cm³/mol. The minimum absolute atomic E-state index is 0.119. The molecule has 0 radical (unpaired) electrons. The lowest BCUT2D eigenvalue weighted by atomic mass is 10.2. The highest BCUT2D eigenvalue weighted by atomic mass is 35.5. The van der Waals surface area contributed by atoms with Gasteiger partial charge in [0.1, 0.15) is 5.69 Å². The number of halogens is 1. The molecule has 15 heavy (non-hydrogen) atoms. The Labute approximate surface area is 91.4 Å². The minimum atomic E-state index is -0.705. The van der Waals surface area contributed by atoms with E-state index in [1.165, 1.54) is 18.2 Å². The van der Waals surface area contributed by atoms with Gasteiger partial charge < -0.3 is 4.90 Å². The number of carbonyl (C=O) groups is 1. The molecular weight excluding hydrogens is 220 g/mol. The van der Waals surface area contributed by atoms with Gasteiger partial charge in [-0.25, -0.2) is 0 Å². The molecule has 0 spiro atoms.